The smallest absolute Gasteiger partial charge is 0.119 e. The van der Waals surface area contributed by atoms with E-state index in [2.05, 4.69) is 0 Å². The number of halogens is 1. The predicted molar refractivity (Wildman–Crippen MR) is 67.2 cm³/mol. The predicted octanol–water partition coefficient (Wildman–Crippen LogP) is 3.62. The van der Waals surface area contributed by atoms with Crippen LogP contribution in [0.25, 0.3) is 0 Å². The molecule has 2 nitrogen and oxygen atoms in total. The molecular formula is C13H19ClO2. The Hall–Kier alpha value is -0.730. The zero-order chi connectivity index (χ0) is 12.0. The summed E-state index contributed by atoms with van der Waals surface area (Å²) >= 11 is 5.75. The fourth-order valence-corrected chi connectivity index (χ4v) is 1.40. The molecule has 1 aromatic rings. The second-order valence-corrected chi connectivity index (χ2v) is 4.61. The summed E-state index contributed by atoms with van der Waals surface area (Å²) in [6.45, 7) is 4.74. The van der Waals surface area contributed by atoms with Crippen molar-refractivity contribution in [2.24, 2.45) is 0 Å². The minimum Gasteiger partial charge on any atom is -0.493 e. The molecule has 0 aliphatic heterocycles. The van der Waals surface area contributed by atoms with Gasteiger partial charge in [-0.05, 0) is 31.5 Å². The van der Waals surface area contributed by atoms with E-state index in [4.69, 9.17) is 21.1 Å². The fourth-order valence-electron chi connectivity index (χ4n) is 1.24. The lowest BCUT2D eigenvalue weighted by Crippen LogP contribution is -2.25. The van der Waals surface area contributed by atoms with Crippen LogP contribution in [0, 0.1) is 0 Å². The lowest BCUT2D eigenvalue weighted by atomic mass is 10.1. The van der Waals surface area contributed by atoms with Crippen molar-refractivity contribution < 1.29 is 9.47 Å². The van der Waals surface area contributed by atoms with Gasteiger partial charge in [-0.25, -0.2) is 0 Å². The molecule has 0 heterocycles. The Balaban J connectivity index is 2.42. The van der Waals surface area contributed by atoms with Crippen LogP contribution < -0.4 is 4.74 Å². The van der Waals surface area contributed by atoms with Crippen molar-refractivity contribution in [1.82, 2.24) is 0 Å². The Morgan fingerprint density at radius 2 is 2.06 bits per heavy atom. The van der Waals surface area contributed by atoms with Gasteiger partial charge in [-0.1, -0.05) is 12.1 Å². The van der Waals surface area contributed by atoms with Crippen LogP contribution in [0.1, 0.15) is 25.8 Å². The third-order valence-electron chi connectivity index (χ3n) is 2.58. The quantitative estimate of drug-likeness (QED) is 0.710. The average molecular weight is 243 g/mol. The number of hydrogen-bond donors (Lipinski definition) is 0. The van der Waals surface area contributed by atoms with Crippen LogP contribution in [0.3, 0.4) is 0 Å². The first-order chi connectivity index (χ1) is 7.57. The van der Waals surface area contributed by atoms with Crippen molar-refractivity contribution in [3.63, 3.8) is 0 Å². The molecule has 0 spiro atoms. The first-order valence-electron chi connectivity index (χ1n) is 5.40. The van der Waals surface area contributed by atoms with E-state index in [0.717, 1.165) is 17.7 Å². The molecule has 0 atom stereocenters. The van der Waals surface area contributed by atoms with Gasteiger partial charge in [0.1, 0.15) is 5.75 Å². The Kier molecular flexibility index (Phi) is 5.10. The number of benzene rings is 1. The third-order valence-corrected chi connectivity index (χ3v) is 2.89. The van der Waals surface area contributed by atoms with Crippen LogP contribution in [0.2, 0.25) is 0 Å². The molecule has 0 amide bonds. The highest BCUT2D eigenvalue weighted by Gasteiger charge is 2.15. The zero-order valence-corrected chi connectivity index (χ0v) is 10.9. The van der Waals surface area contributed by atoms with E-state index in [9.17, 15) is 0 Å². The molecule has 0 aliphatic rings. The lowest BCUT2D eigenvalue weighted by Gasteiger charge is -2.22. The molecule has 0 fully saturated rings. The minimum atomic E-state index is -0.135. The maximum Gasteiger partial charge on any atom is 0.119 e. The second kappa shape index (κ2) is 6.12. The van der Waals surface area contributed by atoms with Crippen LogP contribution >= 0.6 is 11.6 Å². The van der Waals surface area contributed by atoms with Crippen molar-refractivity contribution >= 4 is 11.6 Å². The van der Waals surface area contributed by atoms with Gasteiger partial charge in [0.05, 0.1) is 12.2 Å². The molecule has 16 heavy (non-hydrogen) atoms. The Bertz CT molecular complexity index is 323. The molecule has 0 aromatic heterocycles. The standard InChI is InChI=1S/C13H19ClO2/c1-13(2,15-3)7-8-16-12-6-4-5-11(9-12)10-14/h4-6,9H,7-8,10H2,1-3H3. The van der Waals surface area contributed by atoms with Gasteiger partial charge in [0.25, 0.3) is 0 Å². The highest BCUT2D eigenvalue weighted by atomic mass is 35.5. The molecule has 0 N–H and O–H groups in total. The van der Waals surface area contributed by atoms with Gasteiger partial charge >= 0.3 is 0 Å². The van der Waals surface area contributed by atoms with Gasteiger partial charge < -0.3 is 9.47 Å². The van der Waals surface area contributed by atoms with E-state index in [0.29, 0.717) is 12.5 Å². The maximum absolute atomic E-state index is 5.75. The van der Waals surface area contributed by atoms with Gasteiger partial charge in [-0.15, -0.1) is 11.6 Å². The molecule has 0 saturated carbocycles. The molecule has 0 aliphatic carbocycles. The van der Waals surface area contributed by atoms with Crippen LogP contribution in [-0.4, -0.2) is 19.3 Å². The number of ether oxygens (including phenoxy) is 2. The summed E-state index contributed by atoms with van der Waals surface area (Å²) in [5.74, 6) is 1.38. The van der Waals surface area contributed by atoms with Crippen molar-refractivity contribution in [2.45, 2.75) is 31.7 Å². The summed E-state index contributed by atoms with van der Waals surface area (Å²) in [4.78, 5) is 0. The lowest BCUT2D eigenvalue weighted by molar-refractivity contribution is 0.00545. The van der Waals surface area contributed by atoms with E-state index in [1.807, 2.05) is 38.1 Å². The molecule has 90 valence electrons. The van der Waals surface area contributed by atoms with E-state index in [1.165, 1.54) is 0 Å². The molecule has 0 bridgehead atoms. The summed E-state index contributed by atoms with van der Waals surface area (Å²) in [6.07, 6.45) is 0.856. The summed E-state index contributed by atoms with van der Waals surface area (Å²) in [7, 11) is 1.72. The average Bonchev–Trinajstić information content (AvgIpc) is 2.29. The molecule has 3 heteroatoms. The third kappa shape index (κ3) is 4.42. The maximum atomic E-state index is 5.75. The van der Waals surface area contributed by atoms with Crippen molar-refractivity contribution in [3.8, 4) is 5.75 Å². The Morgan fingerprint density at radius 3 is 2.69 bits per heavy atom. The van der Waals surface area contributed by atoms with Gasteiger partial charge in [0.15, 0.2) is 0 Å². The molecule has 0 unspecified atom stereocenters. The Morgan fingerprint density at radius 1 is 1.31 bits per heavy atom. The van der Waals surface area contributed by atoms with Gasteiger partial charge in [-0.2, -0.15) is 0 Å². The second-order valence-electron chi connectivity index (χ2n) is 4.34. The summed E-state index contributed by atoms with van der Waals surface area (Å²) in [6, 6.07) is 7.84. The van der Waals surface area contributed by atoms with Gasteiger partial charge in [0, 0.05) is 19.4 Å². The van der Waals surface area contributed by atoms with E-state index in [1.54, 1.807) is 7.11 Å². The van der Waals surface area contributed by atoms with E-state index < -0.39 is 0 Å². The van der Waals surface area contributed by atoms with Crippen molar-refractivity contribution in [1.29, 1.82) is 0 Å². The van der Waals surface area contributed by atoms with Gasteiger partial charge in [-0.3, -0.25) is 0 Å². The molecule has 0 saturated heterocycles. The van der Waals surface area contributed by atoms with Crippen LogP contribution in [-0.2, 0) is 10.6 Å². The zero-order valence-electron chi connectivity index (χ0n) is 10.1. The van der Waals surface area contributed by atoms with Crippen LogP contribution in [0.4, 0.5) is 0 Å². The number of rotatable bonds is 6. The van der Waals surface area contributed by atoms with Crippen LogP contribution in [0.5, 0.6) is 5.75 Å². The van der Waals surface area contributed by atoms with Gasteiger partial charge in [0.2, 0.25) is 0 Å². The summed E-state index contributed by atoms with van der Waals surface area (Å²) in [5.41, 5.74) is 0.939. The normalized spacial score (nSPS) is 11.5. The first-order valence-corrected chi connectivity index (χ1v) is 5.94. The van der Waals surface area contributed by atoms with Crippen LogP contribution in [0.15, 0.2) is 24.3 Å². The highest BCUT2D eigenvalue weighted by Crippen LogP contribution is 2.17. The topological polar surface area (TPSA) is 18.5 Å². The SMILES string of the molecule is COC(C)(C)CCOc1cccc(CCl)c1. The van der Waals surface area contributed by atoms with Crippen molar-refractivity contribution in [2.75, 3.05) is 13.7 Å². The largest absolute Gasteiger partial charge is 0.493 e. The molecule has 1 aromatic carbocycles. The summed E-state index contributed by atoms with van der Waals surface area (Å²) < 4.78 is 11.0. The minimum absolute atomic E-state index is 0.135. The highest BCUT2D eigenvalue weighted by molar-refractivity contribution is 6.17. The Labute approximate surface area is 103 Å². The van der Waals surface area contributed by atoms with E-state index in [-0.39, 0.29) is 5.60 Å². The molecular weight excluding hydrogens is 224 g/mol. The monoisotopic (exact) mass is 242 g/mol. The van der Waals surface area contributed by atoms with E-state index >= 15 is 0 Å². The first kappa shape index (κ1) is 13.3. The fraction of sp³-hybridized carbons (Fsp3) is 0.538. The summed E-state index contributed by atoms with van der Waals surface area (Å²) in [5, 5.41) is 0. The number of hydrogen-bond acceptors (Lipinski definition) is 2. The number of alkyl halides is 1. The molecule has 1 rings (SSSR count). The van der Waals surface area contributed by atoms with Crippen molar-refractivity contribution in [3.05, 3.63) is 29.8 Å². The number of methoxy groups -OCH3 is 1. The molecule has 0 radical (unpaired) electrons.